The van der Waals surface area contributed by atoms with Crippen LogP contribution in [0.5, 0.6) is 0 Å². The van der Waals surface area contributed by atoms with Gasteiger partial charge in [0.1, 0.15) is 5.69 Å². The minimum Gasteiger partial charge on any atom is -0.394 e. The maximum absolute atomic E-state index is 13.7. The van der Waals surface area contributed by atoms with Crippen LogP contribution >= 0.6 is 0 Å². The van der Waals surface area contributed by atoms with Crippen molar-refractivity contribution in [2.45, 2.75) is 13.2 Å². The van der Waals surface area contributed by atoms with Gasteiger partial charge in [-0.3, -0.25) is 0 Å². The molecule has 0 fully saturated rings. The Balaban J connectivity index is 2.63. The van der Waals surface area contributed by atoms with Crippen LogP contribution in [0, 0.1) is 17.5 Å². The molecule has 0 atom stereocenters. The molecule has 19 heavy (non-hydrogen) atoms. The normalized spacial score (nSPS) is 11.0. The van der Waals surface area contributed by atoms with Crippen LogP contribution in [-0.4, -0.2) is 31.8 Å². The van der Waals surface area contributed by atoms with Gasteiger partial charge in [-0.25, -0.2) is 17.9 Å². The molecule has 0 saturated heterocycles. The van der Waals surface area contributed by atoms with Crippen molar-refractivity contribution in [2.75, 3.05) is 6.61 Å². The highest BCUT2D eigenvalue weighted by Crippen LogP contribution is 2.27. The number of aliphatic hydroxyl groups excluding tert-OH is 2. The Morgan fingerprint density at radius 1 is 1.11 bits per heavy atom. The topological polar surface area (TPSA) is 71.2 Å². The Bertz CT molecular complexity index is 601. The molecule has 8 heteroatoms. The van der Waals surface area contributed by atoms with Crippen molar-refractivity contribution < 1.29 is 23.4 Å². The summed E-state index contributed by atoms with van der Waals surface area (Å²) in [7, 11) is 0. The maximum atomic E-state index is 13.7. The maximum Gasteiger partial charge on any atom is 0.195 e. The summed E-state index contributed by atoms with van der Waals surface area (Å²) in [5.41, 5.74) is -0.257. The van der Waals surface area contributed by atoms with E-state index in [0.29, 0.717) is 0 Å². The van der Waals surface area contributed by atoms with Crippen LogP contribution in [0.25, 0.3) is 11.3 Å². The van der Waals surface area contributed by atoms with Gasteiger partial charge in [-0.05, 0) is 12.1 Å². The van der Waals surface area contributed by atoms with Crippen LogP contribution in [-0.2, 0) is 13.2 Å². The van der Waals surface area contributed by atoms with Gasteiger partial charge in [-0.2, -0.15) is 0 Å². The van der Waals surface area contributed by atoms with Gasteiger partial charge in [0.15, 0.2) is 17.5 Å². The second-order valence-corrected chi connectivity index (χ2v) is 3.71. The van der Waals surface area contributed by atoms with Gasteiger partial charge in [-0.15, -0.1) is 5.10 Å². The highest BCUT2D eigenvalue weighted by atomic mass is 19.2. The van der Waals surface area contributed by atoms with Crippen molar-refractivity contribution in [3.63, 3.8) is 0 Å². The summed E-state index contributed by atoms with van der Waals surface area (Å²) < 4.78 is 41.0. The lowest BCUT2D eigenvalue weighted by molar-refractivity contribution is 0.268. The van der Waals surface area contributed by atoms with Crippen molar-refractivity contribution in [3.05, 3.63) is 35.3 Å². The van der Waals surface area contributed by atoms with Crippen molar-refractivity contribution in [3.8, 4) is 11.3 Å². The fourth-order valence-corrected chi connectivity index (χ4v) is 1.71. The molecule has 2 N–H and O–H groups in total. The molecule has 0 amide bonds. The Morgan fingerprint density at radius 3 is 2.47 bits per heavy atom. The molecule has 0 saturated carbocycles. The van der Waals surface area contributed by atoms with Crippen LogP contribution in [0.3, 0.4) is 0 Å². The van der Waals surface area contributed by atoms with E-state index >= 15 is 0 Å². The first-order valence-electron chi connectivity index (χ1n) is 5.38. The van der Waals surface area contributed by atoms with Gasteiger partial charge in [0.2, 0.25) is 0 Å². The highest BCUT2D eigenvalue weighted by molar-refractivity contribution is 5.62. The quantitative estimate of drug-likeness (QED) is 0.810. The van der Waals surface area contributed by atoms with E-state index in [4.69, 9.17) is 10.2 Å². The number of aromatic nitrogens is 3. The summed E-state index contributed by atoms with van der Waals surface area (Å²) in [6.07, 6.45) is 0. The minimum absolute atomic E-state index is 0.00736. The smallest absolute Gasteiger partial charge is 0.195 e. The summed E-state index contributed by atoms with van der Waals surface area (Å²) in [6.45, 7) is -0.855. The zero-order valence-electron chi connectivity index (χ0n) is 9.65. The molecule has 0 bridgehead atoms. The lowest BCUT2D eigenvalue weighted by Crippen LogP contribution is -2.08. The predicted octanol–water partition coefficient (Wildman–Crippen LogP) is 0.847. The van der Waals surface area contributed by atoms with E-state index in [1.54, 1.807) is 0 Å². The first kappa shape index (κ1) is 13.5. The van der Waals surface area contributed by atoms with Crippen LogP contribution < -0.4 is 0 Å². The lowest BCUT2D eigenvalue weighted by atomic mass is 10.1. The first-order chi connectivity index (χ1) is 9.10. The molecule has 2 rings (SSSR count). The molecule has 0 aliphatic rings. The Morgan fingerprint density at radius 2 is 1.84 bits per heavy atom. The Kier molecular flexibility index (Phi) is 3.82. The average molecular weight is 273 g/mol. The molecule has 0 spiro atoms. The molecule has 5 nitrogen and oxygen atoms in total. The lowest BCUT2D eigenvalue weighted by Gasteiger charge is -2.08. The summed E-state index contributed by atoms with van der Waals surface area (Å²) in [6, 6.07) is 1.80. The number of halogens is 3. The number of hydrogen-bond acceptors (Lipinski definition) is 4. The second kappa shape index (κ2) is 5.37. The van der Waals surface area contributed by atoms with Gasteiger partial charge in [0, 0.05) is 5.56 Å². The standard InChI is InChI=1S/C11H10F3N3O2/c12-7-2-1-6(9(13)10(7)14)11-8(5-19)15-16-17(11)3-4-18/h1-2,18-19H,3-5H2. The van der Waals surface area contributed by atoms with E-state index < -0.39 is 24.1 Å². The second-order valence-electron chi connectivity index (χ2n) is 3.71. The van der Waals surface area contributed by atoms with Gasteiger partial charge < -0.3 is 10.2 Å². The number of hydrogen-bond donors (Lipinski definition) is 2. The fraction of sp³-hybridized carbons (Fsp3) is 0.273. The molecule has 1 aromatic carbocycles. The number of nitrogens with zero attached hydrogens (tertiary/aromatic N) is 3. The first-order valence-corrected chi connectivity index (χ1v) is 5.38. The van der Waals surface area contributed by atoms with E-state index in [9.17, 15) is 13.2 Å². The molecule has 0 aliphatic carbocycles. The van der Waals surface area contributed by atoms with Gasteiger partial charge in [-0.1, -0.05) is 5.21 Å². The Labute approximate surface area is 105 Å². The van der Waals surface area contributed by atoms with Crippen molar-refractivity contribution in [1.29, 1.82) is 0 Å². The van der Waals surface area contributed by atoms with Crippen LogP contribution in [0.15, 0.2) is 12.1 Å². The van der Waals surface area contributed by atoms with Crippen LogP contribution in [0.1, 0.15) is 5.69 Å². The third-order valence-electron chi connectivity index (χ3n) is 2.56. The predicted molar refractivity (Wildman–Crippen MR) is 58.3 cm³/mol. The van der Waals surface area contributed by atoms with E-state index in [0.717, 1.165) is 16.8 Å². The molecular weight excluding hydrogens is 263 g/mol. The molecule has 0 unspecified atom stereocenters. The fourth-order valence-electron chi connectivity index (χ4n) is 1.71. The summed E-state index contributed by atoms with van der Waals surface area (Å²) >= 11 is 0. The molecule has 102 valence electrons. The molecule has 0 aliphatic heterocycles. The van der Waals surface area contributed by atoms with Crippen LogP contribution in [0.4, 0.5) is 13.2 Å². The van der Waals surface area contributed by atoms with Crippen molar-refractivity contribution in [1.82, 2.24) is 15.0 Å². The SMILES string of the molecule is OCCn1nnc(CO)c1-c1ccc(F)c(F)c1F. The largest absolute Gasteiger partial charge is 0.394 e. The monoisotopic (exact) mass is 273 g/mol. The van der Waals surface area contributed by atoms with E-state index in [1.165, 1.54) is 0 Å². The summed E-state index contributed by atoms with van der Waals surface area (Å²) in [5.74, 6) is -4.32. The molecule has 2 aromatic rings. The molecular formula is C11H10F3N3O2. The van der Waals surface area contributed by atoms with Gasteiger partial charge in [0.05, 0.1) is 25.5 Å². The number of aliphatic hydroxyl groups is 2. The van der Waals surface area contributed by atoms with Gasteiger partial charge >= 0.3 is 0 Å². The third-order valence-corrected chi connectivity index (χ3v) is 2.56. The van der Waals surface area contributed by atoms with Gasteiger partial charge in [0.25, 0.3) is 0 Å². The highest BCUT2D eigenvalue weighted by Gasteiger charge is 2.21. The summed E-state index contributed by atoms with van der Waals surface area (Å²) in [5, 5.41) is 25.2. The number of benzene rings is 1. The van der Waals surface area contributed by atoms with Crippen molar-refractivity contribution >= 4 is 0 Å². The van der Waals surface area contributed by atoms with E-state index in [2.05, 4.69) is 10.3 Å². The Hall–Kier alpha value is -1.93. The van der Waals surface area contributed by atoms with Crippen LogP contribution in [0.2, 0.25) is 0 Å². The van der Waals surface area contributed by atoms with E-state index in [-0.39, 0.29) is 30.1 Å². The third kappa shape index (κ3) is 2.32. The number of rotatable bonds is 4. The molecule has 1 aromatic heterocycles. The summed E-state index contributed by atoms with van der Waals surface area (Å²) in [4.78, 5) is 0. The van der Waals surface area contributed by atoms with E-state index in [1.807, 2.05) is 0 Å². The zero-order valence-corrected chi connectivity index (χ0v) is 9.65. The minimum atomic E-state index is -1.61. The molecule has 1 heterocycles. The van der Waals surface area contributed by atoms with Crippen molar-refractivity contribution in [2.24, 2.45) is 0 Å². The molecule has 0 radical (unpaired) electrons. The average Bonchev–Trinajstić information content (AvgIpc) is 2.80. The zero-order chi connectivity index (χ0) is 14.0.